The van der Waals surface area contributed by atoms with Crippen LogP contribution in [0.2, 0.25) is 0 Å². The zero-order chi connectivity index (χ0) is 17.6. The molecule has 136 valence electrons. The van der Waals surface area contributed by atoms with Crippen LogP contribution in [0.4, 0.5) is 10.1 Å². The smallest absolute Gasteiger partial charge is 0.237 e. The number of carbonyl (C=O) groups is 2. The number of carbonyl (C=O) groups excluding carboxylic acids is 2. The Morgan fingerprint density at radius 2 is 1.88 bits per heavy atom. The fraction of sp³-hybridized carbons (Fsp3) is 0.556. The van der Waals surface area contributed by atoms with E-state index in [0.717, 1.165) is 38.2 Å². The van der Waals surface area contributed by atoms with Crippen LogP contribution in [-0.4, -0.2) is 62.0 Å². The van der Waals surface area contributed by atoms with Crippen LogP contribution in [0.1, 0.15) is 19.3 Å². The van der Waals surface area contributed by atoms with Gasteiger partial charge in [-0.05, 0) is 43.7 Å². The minimum atomic E-state index is -0.243. The Hall–Kier alpha value is -2.15. The van der Waals surface area contributed by atoms with Crippen molar-refractivity contribution in [3.8, 4) is 0 Å². The Balaban J connectivity index is 1.38. The number of halogens is 1. The summed E-state index contributed by atoms with van der Waals surface area (Å²) in [4.78, 5) is 28.2. The first-order chi connectivity index (χ1) is 12.1. The first-order valence-corrected chi connectivity index (χ1v) is 8.93. The van der Waals surface area contributed by atoms with Gasteiger partial charge in [0.25, 0.3) is 0 Å². The SMILES string of the molecule is O=C(NCCC(=O)N1CCN(c2ccc(F)cc2)CC1)[C@H]1CCCN1. The number of benzene rings is 1. The average molecular weight is 348 g/mol. The standard InChI is InChI=1S/C18H25FN4O2/c19-14-3-5-15(6-4-14)22-10-12-23(13-11-22)17(24)7-9-21-18(25)16-2-1-8-20-16/h3-6,16,20H,1-2,7-13H2,(H,21,25)/t16-/m1/s1. The molecule has 7 heteroatoms. The Labute approximate surface area is 147 Å². The Bertz CT molecular complexity index is 594. The Morgan fingerprint density at radius 1 is 1.16 bits per heavy atom. The van der Waals surface area contributed by atoms with Gasteiger partial charge >= 0.3 is 0 Å². The molecule has 2 aliphatic rings. The van der Waals surface area contributed by atoms with E-state index in [4.69, 9.17) is 0 Å². The molecule has 2 saturated heterocycles. The highest BCUT2D eigenvalue weighted by Gasteiger charge is 2.23. The van der Waals surface area contributed by atoms with Crippen molar-refractivity contribution in [3.05, 3.63) is 30.1 Å². The van der Waals surface area contributed by atoms with Gasteiger partial charge in [-0.2, -0.15) is 0 Å². The first kappa shape index (κ1) is 17.7. The van der Waals surface area contributed by atoms with Crippen molar-refractivity contribution in [2.24, 2.45) is 0 Å². The van der Waals surface area contributed by atoms with Gasteiger partial charge in [0.05, 0.1) is 6.04 Å². The molecular weight excluding hydrogens is 323 g/mol. The van der Waals surface area contributed by atoms with E-state index in [0.29, 0.717) is 26.1 Å². The quantitative estimate of drug-likeness (QED) is 0.824. The number of amides is 2. The lowest BCUT2D eigenvalue weighted by molar-refractivity contribution is -0.131. The molecule has 0 radical (unpaired) electrons. The lowest BCUT2D eigenvalue weighted by atomic mass is 10.2. The number of piperazine rings is 1. The second kappa shape index (κ2) is 8.29. The van der Waals surface area contributed by atoms with E-state index >= 15 is 0 Å². The van der Waals surface area contributed by atoms with Gasteiger partial charge in [0.1, 0.15) is 5.82 Å². The van der Waals surface area contributed by atoms with Crippen molar-refractivity contribution < 1.29 is 14.0 Å². The molecule has 0 spiro atoms. The van der Waals surface area contributed by atoms with Crippen LogP contribution >= 0.6 is 0 Å². The topological polar surface area (TPSA) is 64.7 Å². The van der Waals surface area contributed by atoms with Gasteiger partial charge in [-0.25, -0.2) is 4.39 Å². The Morgan fingerprint density at radius 3 is 2.52 bits per heavy atom. The van der Waals surface area contributed by atoms with Crippen molar-refractivity contribution in [3.63, 3.8) is 0 Å². The van der Waals surface area contributed by atoms with Gasteiger partial charge in [0, 0.05) is 44.8 Å². The maximum absolute atomic E-state index is 13.0. The highest BCUT2D eigenvalue weighted by molar-refractivity contribution is 5.83. The van der Waals surface area contributed by atoms with E-state index in [-0.39, 0.29) is 23.7 Å². The molecule has 2 aliphatic heterocycles. The third kappa shape index (κ3) is 4.69. The third-order valence-corrected chi connectivity index (χ3v) is 4.84. The number of hydrogen-bond acceptors (Lipinski definition) is 4. The number of nitrogens with one attached hydrogen (secondary N) is 2. The molecule has 2 amide bonds. The van der Waals surface area contributed by atoms with E-state index in [9.17, 15) is 14.0 Å². The minimum Gasteiger partial charge on any atom is -0.368 e. The lowest BCUT2D eigenvalue weighted by Gasteiger charge is -2.36. The maximum atomic E-state index is 13.0. The van der Waals surface area contributed by atoms with Crippen molar-refractivity contribution in [2.75, 3.05) is 44.2 Å². The van der Waals surface area contributed by atoms with E-state index in [1.165, 1.54) is 12.1 Å². The zero-order valence-electron chi connectivity index (χ0n) is 14.3. The normalized spacial score (nSPS) is 20.6. The fourth-order valence-corrected chi connectivity index (χ4v) is 3.35. The molecule has 2 heterocycles. The molecule has 3 rings (SSSR count). The molecule has 1 atom stereocenters. The van der Waals surface area contributed by atoms with Crippen molar-refractivity contribution in [1.82, 2.24) is 15.5 Å². The highest BCUT2D eigenvalue weighted by atomic mass is 19.1. The van der Waals surface area contributed by atoms with E-state index in [1.54, 1.807) is 12.1 Å². The van der Waals surface area contributed by atoms with Crippen LogP contribution in [0.3, 0.4) is 0 Å². The Kier molecular flexibility index (Phi) is 5.86. The summed E-state index contributed by atoms with van der Waals surface area (Å²) >= 11 is 0. The van der Waals surface area contributed by atoms with Gasteiger partial charge in [-0.1, -0.05) is 0 Å². The van der Waals surface area contributed by atoms with Crippen molar-refractivity contribution >= 4 is 17.5 Å². The summed E-state index contributed by atoms with van der Waals surface area (Å²) in [6, 6.07) is 6.33. The lowest BCUT2D eigenvalue weighted by Crippen LogP contribution is -2.49. The minimum absolute atomic E-state index is 0.00794. The molecule has 1 aromatic rings. The maximum Gasteiger partial charge on any atom is 0.237 e. The molecule has 0 aromatic heterocycles. The largest absolute Gasteiger partial charge is 0.368 e. The molecule has 2 fully saturated rings. The third-order valence-electron chi connectivity index (χ3n) is 4.84. The van der Waals surface area contributed by atoms with Crippen molar-refractivity contribution in [2.45, 2.75) is 25.3 Å². The highest BCUT2D eigenvalue weighted by Crippen LogP contribution is 2.17. The predicted molar refractivity (Wildman–Crippen MR) is 93.8 cm³/mol. The molecule has 25 heavy (non-hydrogen) atoms. The van der Waals surface area contributed by atoms with Crippen LogP contribution in [-0.2, 0) is 9.59 Å². The summed E-state index contributed by atoms with van der Waals surface area (Å²) in [6.07, 6.45) is 2.22. The number of nitrogens with zero attached hydrogens (tertiary/aromatic N) is 2. The first-order valence-electron chi connectivity index (χ1n) is 8.93. The second-order valence-corrected chi connectivity index (χ2v) is 6.53. The van der Waals surface area contributed by atoms with Gasteiger partial charge < -0.3 is 20.4 Å². The summed E-state index contributed by atoms with van der Waals surface area (Å²) < 4.78 is 13.0. The number of rotatable bonds is 5. The van der Waals surface area contributed by atoms with Gasteiger partial charge in [0.2, 0.25) is 11.8 Å². The second-order valence-electron chi connectivity index (χ2n) is 6.53. The summed E-state index contributed by atoms with van der Waals surface area (Å²) in [5, 5.41) is 5.99. The van der Waals surface area contributed by atoms with Crippen molar-refractivity contribution in [1.29, 1.82) is 0 Å². The average Bonchev–Trinajstić information content (AvgIpc) is 3.17. The van der Waals surface area contributed by atoms with Crippen LogP contribution in [0.25, 0.3) is 0 Å². The molecule has 0 unspecified atom stereocenters. The van der Waals surface area contributed by atoms with E-state index in [2.05, 4.69) is 15.5 Å². The van der Waals surface area contributed by atoms with Gasteiger partial charge in [-0.3, -0.25) is 9.59 Å². The fourth-order valence-electron chi connectivity index (χ4n) is 3.35. The zero-order valence-corrected chi connectivity index (χ0v) is 14.3. The summed E-state index contributed by atoms with van der Waals surface area (Å²) in [7, 11) is 0. The number of hydrogen-bond donors (Lipinski definition) is 2. The van der Waals surface area contributed by atoms with Gasteiger partial charge in [-0.15, -0.1) is 0 Å². The predicted octanol–water partition coefficient (Wildman–Crippen LogP) is 0.733. The molecule has 6 nitrogen and oxygen atoms in total. The van der Waals surface area contributed by atoms with Crippen LogP contribution in [0, 0.1) is 5.82 Å². The summed E-state index contributed by atoms with van der Waals surface area (Å²) in [6.45, 7) is 4.03. The monoisotopic (exact) mass is 348 g/mol. The van der Waals surface area contributed by atoms with Crippen LogP contribution < -0.4 is 15.5 Å². The molecular formula is C18H25FN4O2. The van der Waals surface area contributed by atoms with E-state index in [1.807, 2.05) is 4.90 Å². The summed E-state index contributed by atoms with van der Waals surface area (Å²) in [5.41, 5.74) is 0.977. The molecule has 2 N–H and O–H groups in total. The number of anilines is 1. The van der Waals surface area contributed by atoms with Gasteiger partial charge in [0.15, 0.2) is 0 Å². The molecule has 0 saturated carbocycles. The van der Waals surface area contributed by atoms with Crippen LogP contribution in [0.15, 0.2) is 24.3 Å². The molecule has 0 aliphatic carbocycles. The van der Waals surface area contributed by atoms with E-state index < -0.39 is 0 Å². The molecule has 1 aromatic carbocycles. The van der Waals surface area contributed by atoms with Crippen LogP contribution in [0.5, 0.6) is 0 Å². The molecule has 0 bridgehead atoms. The summed E-state index contributed by atoms with van der Waals surface area (Å²) in [5.74, 6) is -0.183.